The van der Waals surface area contributed by atoms with Crippen molar-refractivity contribution in [1.29, 1.82) is 0 Å². The van der Waals surface area contributed by atoms with Gasteiger partial charge in [0.2, 0.25) is 0 Å². The average molecular weight is 353 g/mol. The molecule has 3 nitrogen and oxygen atoms in total. The molecule has 0 unspecified atom stereocenters. The molecule has 0 aliphatic carbocycles. The van der Waals surface area contributed by atoms with Crippen LogP contribution in [0.4, 0.5) is 4.39 Å². The van der Waals surface area contributed by atoms with E-state index in [1.165, 1.54) is 6.07 Å². The quantitative estimate of drug-likeness (QED) is 0.897. The van der Waals surface area contributed by atoms with E-state index in [0.29, 0.717) is 5.75 Å². The van der Waals surface area contributed by atoms with Gasteiger partial charge >= 0.3 is 0 Å². The second-order valence-electron chi connectivity index (χ2n) is 6.44. The summed E-state index contributed by atoms with van der Waals surface area (Å²) in [6.45, 7) is 10.3. The predicted octanol–water partition coefficient (Wildman–Crippen LogP) is 3.67. The lowest BCUT2D eigenvalue weighted by molar-refractivity contribution is 0.0832. The average Bonchev–Trinajstić information content (AvgIpc) is 2.41. The third-order valence-corrected chi connectivity index (χ3v) is 3.83. The van der Waals surface area contributed by atoms with Crippen LogP contribution in [0, 0.1) is 11.2 Å². The summed E-state index contributed by atoms with van der Waals surface area (Å²) in [4.78, 5) is 2.37. The number of ether oxygens (including phenoxy) is 1. The molecule has 22 heavy (non-hydrogen) atoms. The van der Waals surface area contributed by atoms with Crippen molar-refractivity contribution in [1.82, 2.24) is 10.2 Å². The van der Waals surface area contributed by atoms with E-state index in [0.717, 1.165) is 31.7 Å². The molecule has 0 radical (unpaired) electrons. The van der Waals surface area contributed by atoms with Gasteiger partial charge in [0.15, 0.2) is 0 Å². The number of piperazine rings is 1. The second kappa shape index (κ2) is 8.92. The van der Waals surface area contributed by atoms with Crippen molar-refractivity contribution in [3.05, 3.63) is 29.6 Å². The van der Waals surface area contributed by atoms with Crippen LogP contribution in [0.2, 0.25) is 0 Å². The van der Waals surface area contributed by atoms with Crippen LogP contribution in [0.1, 0.15) is 32.4 Å². The van der Waals surface area contributed by atoms with Gasteiger partial charge in [-0.15, -0.1) is 24.8 Å². The molecule has 0 aromatic heterocycles. The van der Waals surface area contributed by atoms with Gasteiger partial charge in [-0.05, 0) is 23.6 Å². The Morgan fingerprint density at radius 3 is 2.27 bits per heavy atom. The molecular weight excluding hydrogens is 326 g/mol. The zero-order valence-electron chi connectivity index (χ0n) is 13.7. The van der Waals surface area contributed by atoms with Crippen LogP contribution in [0.25, 0.3) is 0 Å². The molecule has 1 aliphatic heterocycles. The normalized spacial score (nSPS) is 17.1. The standard InChI is InChI=1S/C16H25FN2O.2ClH/c1-16(2,3)15(19-9-7-18-8-10-19)13-11-12(20-4)5-6-14(13)17;;/h5-6,11,15,18H,7-10H2,1-4H3;2*1H/t15-;;/m0../s1. The lowest BCUT2D eigenvalue weighted by atomic mass is 9.80. The molecule has 1 heterocycles. The van der Waals surface area contributed by atoms with Crippen LogP contribution in [-0.2, 0) is 0 Å². The molecule has 1 fully saturated rings. The van der Waals surface area contributed by atoms with Crippen LogP contribution in [-0.4, -0.2) is 38.2 Å². The van der Waals surface area contributed by atoms with Crippen molar-refractivity contribution >= 4 is 24.8 Å². The highest BCUT2D eigenvalue weighted by atomic mass is 35.5. The summed E-state index contributed by atoms with van der Waals surface area (Å²) < 4.78 is 19.6. The smallest absolute Gasteiger partial charge is 0.128 e. The zero-order chi connectivity index (χ0) is 14.8. The Balaban J connectivity index is 0.00000220. The Hall–Kier alpha value is -0.550. The summed E-state index contributed by atoms with van der Waals surface area (Å²) in [6.07, 6.45) is 0. The molecule has 1 atom stereocenters. The van der Waals surface area contributed by atoms with E-state index in [9.17, 15) is 4.39 Å². The first-order valence-corrected chi connectivity index (χ1v) is 7.21. The van der Waals surface area contributed by atoms with Crippen LogP contribution in [0.3, 0.4) is 0 Å². The molecule has 1 saturated heterocycles. The third-order valence-electron chi connectivity index (χ3n) is 3.83. The molecule has 0 spiro atoms. The van der Waals surface area contributed by atoms with E-state index in [2.05, 4.69) is 31.0 Å². The fourth-order valence-electron chi connectivity index (χ4n) is 3.01. The fraction of sp³-hybridized carbons (Fsp3) is 0.625. The molecule has 0 saturated carbocycles. The number of halogens is 3. The SMILES string of the molecule is COc1ccc(F)c([C@H](N2CCNCC2)C(C)(C)C)c1.Cl.Cl. The largest absolute Gasteiger partial charge is 0.497 e. The number of nitrogens with one attached hydrogen (secondary N) is 1. The van der Waals surface area contributed by atoms with Gasteiger partial charge in [0.1, 0.15) is 11.6 Å². The molecule has 0 amide bonds. The minimum atomic E-state index is -0.149. The van der Waals surface area contributed by atoms with Crippen molar-refractivity contribution in [3.8, 4) is 5.75 Å². The van der Waals surface area contributed by atoms with Crippen molar-refractivity contribution in [3.63, 3.8) is 0 Å². The summed E-state index contributed by atoms with van der Waals surface area (Å²) in [5, 5.41) is 3.35. The number of rotatable bonds is 3. The van der Waals surface area contributed by atoms with E-state index in [1.54, 1.807) is 13.2 Å². The molecule has 1 aromatic carbocycles. The van der Waals surface area contributed by atoms with Crippen LogP contribution in [0.5, 0.6) is 5.75 Å². The van der Waals surface area contributed by atoms with Gasteiger partial charge in [-0.3, -0.25) is 4.90 Å². The summed E-state index contributed by atoms with van der Waals surface area (Å²) in [6, 6.07) is 5.08. The van der Waals surface area contributed by atoms with Gasteiger partial charge in [-0.25, -0.2) is 4.39 Å². The van der Waals surface area contributed by atoms with Gasteiger partial charge in [0.25, 0.3) is 0 Å². The molecule has 0 bridgehead atoms. The van der Waals surface area contributed by atoms with Crippen molar-refractivity contribution in [2.75, 3.05) is 33.3 Å². The lowest BCUT2D eigenvalue weighted by Crippen LogP contribution is -2.48. The third kappa shape index (κ3) is 4.98. The summed E-state index contributed by atoms with van der Waals surface area (Å²) in [7, 11) is 1.62. The Kier molecular flexibility index (Phi) is 8.70. The Bertz CT molecular complexity index is 460. The van der Waals surface area contributed by atoms with Gasteiger partial charge in [0, 0.05) is 37.8 Å². The van der Waals surface area contributed by atoms with Crippen LogP contribution < -0.4 is 10.1 Å². The summed E-state index contributed by atoms with van der Waals surface area (Å²) in [5.74, 6) is 0.565. The maximum absolute atomic E-state index is 14.3. The fourth-order valence-corrected chi connectivity index (χ4v) is 3.01. The minimum absolute atomic E-state index is 0. The molecule has 6 heteroatoms. The van der Waals surface area contributed by atoms with Crippen molar-refractivity contribution < 1.29 is 9.13 Å². The number of methoxy groups -OCH3 is 1. The number of hydrogen-bond acceptors (Lipinski definition) is 3. The topological polar surface area (TPSA) is 24.5 Å². The summed E-state index contributed by atoms with van der Waals surface area (Å²) in [5.41, 5.74) is 0.698. The van der Waals surface area contributed by atoms with Crippen LogP contribution >= 0.6 is 24.8 Å². The Morgan fingerprint density at radius 1 is 1.18 bits per heavy atom. The second-order valence-corrected chi connectivity index (χ2v) is 6.44. The number of benzene rings is 1. The Morgan fingerprint density at radius 2 is 1.77 bits per heavy atom. The highest BCUT2D eigenvalue weighted by Crippen LogP contribution is 2.40. The molecule has 1 aliphatic rings. The van der Waals surface area contributed by atoms with E-state index < -0.39 is 0 Å². The highest BCUT2D eigenvalue weighted by Gasteiger charge is 2.34. The predicted molar refractivity (Wildman–Crippen MR) is 94.1 cm³/mol. The van der Waals surface area contributed by atoms with E-state index in [-0.39, 0.29) is 42.1 Å². The van der Waals surface area contributed by atoms with Crippen molar-refractivity contribution in [2.24, 2.45) is 5.41 Å². The first-order chi connectivity index (χ1) is 9.43. The van der Waals surface area contributed by atoms with Crippen LogP contribution in [0.15, 0.2) is 18.2 Å². The van der Waals surface area contributed by atoms with Gasteiger partial charge < -0.3 is 10.1 Å². The Labute approximate surface area is 145 Å². The minimum Gasteiger partial charge on any atom is -0.497 e. The van der Waals surface area contributed by atoms with Gasteiger partial charge in [-0.2, -0.15) is 0 Å². The lowest BCUT2D eigenvalue weighted by Gasteiger charge is -2.42. The monoisotopic (exact) mass is 352 g/mol. The van der Waals surface area contributed by atoms with Crippen molar-refractivity contribution in [2.45, 2.75) is 26.8 Å². The maximum Gasteiger partial charge on any atom is 0.128 e. The van der Waals surface area contributed by atoms with Gasteiger partial charge in [-0.1, -0.05) is 20.8 Å². The number of nitrogens with zero attached hydrogens (tertiary/aromatic N) is 1. The van der Waals surface area contributed by atoms with E-state index in [1.807, 2.05) is 6.07 Å². The first kappa shape index (κ1) is 21.4. The van der Waals surface area contributed by atoms with Gasteiger partial charge in [0.05, 0.1) is 7.11 Å². The molecule has 1 N–H and O–H groups in total. The highest BCUT2D eigenvalue weighted by molar-refractivity contribution is 5.85. The molecule has 2 rings (SSSR count). The molecule has 1 aromatic rings. The summed E-state index contributed by atoms with van der Waals surface area (Å²) >= 11 is 0. The molecule has 128 valence electrons. The van der Waals surface area contributed by atoms with E-state index in [4.69, 9.17) is 4.74 Å². The number of hydrogen-bond donors (Lipinski definition) is 1. The maximum atomic E-state index is 14.3. The van der Waals surface area contributed by atoms with E-state index >= 15 is 0 Å². The zero-order valence-corrected chi connectivity index (χ0v) is 15.3. The first-order valence-electron chi connectivity index (χ1n) is 7.21. The molecular formula is C16H27Cl2FN2O.